The summed E-state index contributed by atoms with van der Waals surface area (Å²) in [4.78, 5) is 21.6. The van der Waals surface area contributed by atoms with Crippen molar-refractivity contribution >= 4 is 13.5 Å². The number of rotatable bonds is 3. The molecule has 0 radical (unpaired) electrons. The predicted molar refractivity (Wildman–Crippen MR) is 64.4 cm³/mol. The molecule has 1 fully saturated rings. The summed E-state index contributed by atoms with van der Waals surface area (Å²) >= 11 is 0. The Morgan fingerprint density at radius 3 is 2.24 bits per heavy atom. The Balaban J connectivity index is 0.000000437. The van der Waals surface area contributed by atoms with E-state index < -0.39 is 7.82 Å². The van der Waals surface area contributed by atoms with Crippen LogP contribution in [0.4, 0.5) is 0 Å². The smallest absolute Gasteiger partial charge is 0.394 e. The first-order chi connectivity index (χ1) is 7.83. The third-order valence-corrected chi connectivity index (χ3v) is 2.31. The highest BCUT2D eigenvalue weighted by Gasteiger charge is 2.12. The molecule has 0 aromatic rings. The highest BCUT2D eigenvalue weighted by molar-refractivity contribution is 7.45. The van der Waals surface area contributed by atoms with Gasteiger partial charge in [-0.1, -0.05) is 6.92 Å². The van der Waals surface area contributed by atoms with Gasteiger partial charge in [0.05, 0.1) is 13.2 Å². The zero-order valence-electron chi connectivity index (χ0n) is 9.91. The molecule has 0 heterocycles. The average molecular weight is 268 g/mol. The first-order valence-corrected chi connectivity index (χ1v) is 7.07. The van der Waals surface area contributed by atoms with Crippen LogP contribution in [0.2, 0.25) is 0 Å². The molecule has 17 heavy (non-hydrogen) atoms. The van der Waals surface area contributed by atoms with Crippen molar-refractivity contribution in [3.8, 4) is 0 Å². The second kappa shape index (κ2) is 8.60. The molecule has 0 saturated heterocycles. The highest BCUT2D eigenvalue weighted by atomic mass is 31.2. The van der Waals surface area contributed by atoms with E-state index in [4.69, 9.17) is 24.4 Å². The molecule has 0 aromatic heterocycles. The maximum absolute atomic E-state index is 8.88. The van der Waals surface area contributed by atoms with Gasteiger partial charge >= 0.3 is 7.82 Å². The van der Waals surface area contributed by atoms with Gasteiger partial charge in [0.15, 0.2) is 0 Å². The van der Waals surface area contributed by atoms with Gasteiger partial charge in [0, 0.05) is 5.71 Å². The maximum atomic E-state index is 8.88. The Labute approximate surface area is 101 Å². The van der Waals surface area contributed by atoms with Gasteiger partial charge in [0.1, 0.15) is 0 Å². The summed E-state index contributed by atoms with van der Waals surface area (Å²) < 4.78 is 8.88. The quantitative estimate of drug-likeness (QED) is 0.283. The summed E-state index contributed by atoms with van der Waals surface area (Å²) in [7, 11) is -4.64. The molecule has 8 heteroatoms. The first-order valence-electron chi connectivity index (χ1n) is 5.50. The van der Waals surface area contributed by atoms with E-state index in [1.165, 1.54) is 18.6 Å². The van der Waals surface area contributed by atoms with Crippen LogP contribution in [0.3, 0.4) is 0 Å². The number of hydrogen-bond acceptors (Lipinski definition) is 4. The van der Waals surface area contributed by atoms with Gasteiger partial charge in [0.2, 0.25) is 0 Å². The van der Waals surface area contributed by atoms with Crippen LogP contribution in [-0.4, -0.2) is 38.7 Å². The summed E-state index contributed by atoms with van der Waals surface area (Å²) in [6.45, 7) is 3.02. The molecule has 0 spiro atoms. The SMILES string of the molecule is CC1CCC(=NNCCO)CC1.O=P(O)(O)O. The van der Waals surface area contributed by atoms with Crippen LogP contribution in [0.15, 0.2) is 5.10 Å². The van der Waals surface area contributed by atoms with E-state index in [0.717, 1.165) is 18.8 Å². The van der Waals surface area contributed by atoms with E-state index in [0.29, 0.717) is 6.54 Å². The molecule has 0 amide bonds. The molecule has 0 unspecified atom stereocenters. The number of hydrogen-bond donors (Lipinski definition) is 5. The fourth-order valence-corrected chi connectivity index (χ4v) is 1.42. The average Bonchev–Trinajstić information content (AvgIpc) is 2.19. The van der Waals surface area contributed by atoms with Gasteiger partial charge in [-0.3, -0.25) is 0 Å². The third kappa shape index (κ3) is 13.5. The molecule has 1 aliphatic rings. The lowest BCUT2D eigenvalue weighted by molar-refractivity contribution is 0.275. The van der Waals surface area contributed by atoms with Crippen molar-refractivity contribution in [2.24, 2.45) is 11.0 Å². The fraction of sp³-hybridized carbons (Fsp3) is 0.889. The molecule has 0 atom stereocenters. The number of phosphoric acid groups is 1. The van der Waals surface area contributed by atoms with Crippen LogP contribution in [0.25, 0.3) is 0 Å². The molecule has 0 bridgehead atoms. The van der Waals surface area contributed by atoms with Crippen LogP contribution >= 0.6 is 7.82 Å². The Hall–Kier alpha value is -0.460. The minimum absolute atomic E-state index is 0.160. The van der Waals surface area contributed by atoms with Crippen molar-refractivity contribution in [3.05, 3.63) is 0 Å². The lowest BCUT2D eigenvalue weighted by atomic mass is 9.90. The number of hydrazone groups is 1. The molecular weight excluding hydrogens is 247 g/mol. The van der Waals surface area contributed by atoms with Crippen molar-refractivity contribution in [2.75, 3.05) is 13.2 Å². The monoisotopic (exact) mass is 268 g/mol. The van der Waals surface area contributed by atoms with Gasteiger partial charge < -0.3 is 25.2 Å². The highest BCUT2D eigenvalue weighted by Crippen LogP contribution is 2.25. The van der Waals surface area contributed by atoms with Crippen LogP contribution in [0.1, 0.15) is 32.6 Å². The van der Waals surface area contributed by atoms with E-state index in [9.17, 15) is 0 Å². The molecule has 5 N–H and O–H groups in total. The van der Waals surface area contributed by atoms with Gasteiger partial charge in [0.25, 0.3) is 0 Å². The summed E-state index contributed by atoms with van der Waals surface area (Å²) in [5.74, 6) is 0.863. The summed E-state index contributed by atoms with van der Waals surface area (Å²) in [5.41, 5.74) is 4.12. The van der Waals surface area contributed by atoms with Crippen molar-refractivity contribution in [1.29, 1.82) is 0 Å². The maximum Gasteiger partial charge on any atom is 0.466 e. The minimum atomic E-state index is -4.64. The Kier molecular flexibility index (Phi) is 8.37. The second-order valence-electron chi connectivity index (χ2n) is 4.01. The molecule has 7 nitrogen and oxygen atoms in total. The van der Waals surface area contributed by atoms with Crippen molar-refractivity contribution in [1.82, 2.24) is 5.43 Å². The standard InChI is InChI=1S/C9H18N2O.H3O4P/c1-8-2-4-9(5-3-8)11-10-6-7-12;1-5(2,3)4/h8,10,12H,2-7H2,1H3;(H3,1,2,3,4). The van der Waals surface area contributed by atoms with Gasteiger partial charge in [-0.15, -0.1) is 0 Å². The number of aliphatic hydroxyl groups is 1. The lowest BCUT2D eigenvalue weighted by Crippen LogP contribution is -2.18. The zero-order chi connectivity index (χ0) is 13.3. The third-order valence-electron chi connectivity index (χ3n) is 2.31. The molecule has 0 aromatic carbocycles. The molecule has 1 rings (SSSR count). The molecular formula is C9H21N2O5P. The second-order valence-corrected chi connectivity index (χ2v) is 5.03. The van der Waals surface area contributed by atoms with Gasteiger partial charge in [-0.2, -0.15) is 5.10 Å². The largest absolute Gasteiger partial charge is 0.466 e. The van der Waals surface area contributed by atoms with Crippen molar-refractivity contribution < 1.29 is 24.4 Å². The minimum Gasteiger partial charge on any atom is -0.394 e. The molecule has 102 valence electrons. The van der Waals surface area contributed by atoms with E-state index in [2.05, 4.69) is 17.5 Å². The zero-order valence-corrected chi connectivity index (χ0v) is 10.8. The van der Waals surface area contributed by atoms with Crippen molar-refractivity contribution in [3.63, 3.8) is 0 Å². The fourth-order valence-electron chi connectivity index (χ4n) is 1.42. The summed E-state index contributed by atoms with van der Waals surface area (Å²) in [6.07, 6.45) is 4.78. The number of aliphatic hydroxyl groups excluding tert-OH is 1. The van der Waals surface area contributed by atoms with Crippen LogP contribution in [0, 0.1) is 5.92 Å². The molecule has 1 aliphatic carbocycles. The normalized spacial score (nSPS) is 20.3. The Bertz CT molecular complexity index is 260. The van der Waals surface area contributed by atoms with Crippen LogP contribution in [0.5, 0.6) is 0 Å². The predicted octanol–water partition coefficient (Wildman–Crippen LogP) is 0.206. The Morgan fingerprint density at radius 2 is 1.82 bits per heavy atom. The molecule has 1 saturated carbocycles. The first kappa shape index (κ1) is 16.5. The van der Waals surface area contributed by atoms with E-state index in [-0.39, 0.29) is 6.61 Å². The van der Waals surface area contributed by atoms with Crippen LogP contribution < -0.4 is 5.43 Å². The molecule has 0 aliphatic heterocycles. The summed E-state index contributed by atoms with van der Waals surface area (Å²) in [6, 6.07) is 0. The summed E-state index contributed by atoms with van der Waals surface area (Å²) in [5, 5.41) is 12.7. The van der Waals surface area contributed by atoms with E-state index >= 15 is 0 Å². The van der Waals surface area contributed by atoms with Gasteiger partial charge in [-0.05, 0) is 31.6 Å². The number of nitrogens with one attached hydrogen (secondary N) is 1. The van der Waals surface area contributed by atoms with Gasteiger partial charge in [-0.25, -0.2) is 4.57 Å². The lowest BCUT2D eigenvalue weighted by Gasteiger charge is -2.18. The number of nitrogens with zero attached hydrogens (tertiary/aromatic N) is 1. The topological polar surface area (TPSA) is 122 Å². The van der Waals surface area contributed by atoms with Crippen LogP contribution in [-0.2, 0) is 4.57 Å². The van der Waals surface area contributed by atoms with Crippen molar-refractivity contribution in [2.45, 2.75) is 32.6 Å². The van der Waals surface area contributed by atoms with E-state index in [1.54, 1.807) is 0 Å². The Morgan fingerprint density at radius 1 is 1.35 bits per heavy atom. The van der Waals surface area contributed by atoms with E-state index in [1.807, 2.05) is 0 Å².